The summed E-state index contributed by atoms with van der Waals surface area (Å²) in [4.78, 5) is 6.78. The number of benzene rings is 1. The monoisotopic (exact) mass is 419 g/mol. The summed E-state index contributed by atoms with van der Waals surface area (Å²) in [7, 11) is 3.50. The van der Waals surface area contributed by atoms with Crippen LogP contribution in [0.15, 0.2) is 23.2 Å². The minimum absolute atomic E-state index is 0.289. The molecule has 7 heteroatoms. The predicted octanol–water partition coefficient (Wildman–Crippen LogP) is 3.22. The van der Waals surface area contributed by atoms with Crippen molar-refractivity contribution >= 4 is 5.96 Å². The average molecular weight is 420 g/mol. The summed E-state index contributed by atoms with van der Waals surface area (Å²) in [5.74, 6) is 2.46. The first kappa shape index (κ1) is 22.7. The van der Waals surface area contributed by atoms with Crippen LogP contribution in [0.3, 0.4) is 0 Å². The van der Waals surface area contributed by atoms with Crippen LogP contribution in [-0.2, 0) is 16.0 Å². The molecule has 3 rings (SSSR count). The third kappa shape index (κ3) is 6.51. The van der Waals surface area contributed by atoms with E-state index in [0.29, 0.717) is 19.3 Å². The maximum Gasteiger partial charge on any atom is 0.193 e. The number of hydrogen-bond donors (Lipinski definition) is 1. The number of piperidine rings is 1. The lowest BCUT2D eigenvalue weighted by Gasteiger charge is -2.35. The molecule has 1 unspecified atom stereocenters. The summed E-state index contributed by atoms with van der Waals surface area (Å²) in [6, 6.07) is 6.03. The first-order chi connectivity index (χ1) is 14.7. The van der Waals surface area contributed by atoms with Crippen LogP contribution in [-0.4, -0.2) is 70.1 Å². The highest BCUT2D eigenvalue weighted by atomic mass is 16.5. The normalized spacial score (nSPS) is 20.8. The standard InChI is InChI=1S/C23H37N3O4/c1-4-28-21-9-8-18(15-22(21)27-3)16-25-23(24-2)26-12-10-19(11-13-26)30-17-20-7-5-6-14-29-20/h8-9,15,19-20H,4-7,10-14,16-17H2,1-3H3,(H,24,25). The minimum atomic E-state index is 0.289. The minimum Gasteiger partial charge on any atom is -0.493 e. The fraction of sp³-hybridized carbons (Fsp3) is 0.696. The van der Waals surface area contributed by atoms with E-state index in [2.05, 4.69) is 21.3 Å². The molecule has 0 aliphatic carbocycles. The molecule has 0 radical (unpaired) electrons. The van der Waals surface area contributed by atoms with Crippen molar-refractivity contribution in [3.05, 3.63) is 23.8 Å². The number of hydrogen-bond acceptors (Lipinski definition) is 5. The molecule has 1 N–H and O–H groups in total. The van der Waals surface area contributed by atoms with E-state index in [-0.39, 0.29) is 6.10 Å². The molecule has 0 bridgehead atoms. The molecule has 2 aliphatic heterocycles. The van der Waals surface area contributed by atoms with E-state index in [1.165, 1.54) is 12.8 Å². The number of aliphatic imine (C=N–C) groups is 1. The van der Waals surface area contributed by atoms with E-state index in [1.807, 2.05) is 26.1 Å². The second kappa shape index (κ2) is 12.0. The third-order valence-corrected chi connectivity index (χ3v) is 5.72. The van der Waals surface area contributed by atoms with E-state index >= 15 is 0 Å². The van der Waals surface area contributed by atoms with Crippen molar-refractivity contribution in [1.29, 1.82) is 0 Å². The van der Waals surface area contributed by atoms with E-state index in [0.717, 1.165) is 68.6 Å². The maximum atomic E-state index is 6.13. The zero-order chi connectivity index (χ0) is 21.2. The average Bonchev–Trinajstić information content (AvgIpc) is 2.80. The molecule has 0 amide bonds. The summed E-state index contributed by atoms with van der Waals surface area (Å²) in [6.45, 7) is 6.78. The third-order valence-electron chi connectivity index (χ3n) is 5.72. The van der Waals surface area contributed by atoms with Crippen molar-refractivity contribution in [2.75, 3.05) is 47.1 Å². The summed E-state index contributed by atoms with van der Waals surface area (Å²) in [5, 5.41) is 3.48. The van der Waals surface area contributed by atoms with Crippen LogP contribution in [0, 0.1) is 0 Å². The van der Waals surface area contributed by atoms with Crippen molar-refractivity contribution < 1.29 is 18.9 Å². The first-order valence-corrected chi connectivity index (χ1v) is 11.2. The molecule has 168 valence electrons. The fourth-order valence-corrected chi connectivity index (χ4v) is 4.03. The Balaban J connectivity index is 1.43. The van der Waals surface area contributed by atoms with Crippen LogP contribution >= 0.6 is 0 Å². The van der Waals surface area contributed by atoms with Gasteiger partial charge < -0.3 is 29.2 Å². The fourth-order valence-electron chi connectivity index (χ4n) is 4.03. The lowest BCUT2D eigenvalue weighted by Crippen LogP contribution is -2.47. The summed E-state index contributed by atoms with van der Waals surface area (Å²) >= 11 is 0. The quantitative estimate of drug-likeness (QED) is 0.516. The van der Waals surface area contributed by atoms with Gasteiger partial charge in [-0.1, -0.05) is 6.07 Å². The zero-order valence-electron chi connectivity index (χ0n) is 18.7. The highest BCUT2D eigenvalue weighted by molar-refractivity contribution is 5.80. The Morgan fingerprint density at radius 3 is 2.70 bits per heavy atom. The van der Waals surface area contributed by atoms with Gasteiger partial charge in [0.15, 0.2) is 17.5 Å². The van der Waals surface area contributed by atoms with Gasteiger partial charge >= 0.3 is 0 Å². The Labute approximate surface area is 180 Å². The second-order valence-electron chi connectivity index (χ2n) is 7.83. The van der Waals surface area contributed by atoms with Crippen LogP contribution in [0.5, 0.6) is 11.5 Å². The molecule has 2 fully saturated rings. The molecule has 2 aliphatic rings. The van der Waals surface area contributed by atoms with E-state index < -0.39 is 0 Å². The lowest BCUT2D eigenvalue weighted by atomic mass is 10.1. The Kier molecular flexibility index (Phi) is 9.08. The van der Waals surface area contributed by atoms with Crippen LogP contribution in [0.2, 0.25) is 0 Å². The van der Waals surface area contributed by atoms with Gasteiger partial charge in [-0.25, -0.2) is 0 Å². The molecule has 7 nitrogen and oxygen atoms in total. The van der Waals surface area contributed by atoms with E-state index in [1.54, 1.807) is 7.11 Å². The first-order valence-electron chi connectivity index (χ1n) is 11.2. The number of nitrogens with one attached hydrogen (secondary N) is 1. The molecule has 30 heavy (non-hydrogen) atoms. The van der Waals surface area contributed by atoms with Gasteiger partial charge in [0.25, 0.3) is 0 Å². The molecular weight excluding hydrogens is 382 g/mol. The summed E-state index contributed by atoms with van der Waals surface area (Å²) in [6.07, 6.45) is 6.22. The van der Waals surface area contributed by atoms with Gasteiger partial charge in [0.2, 0.25) is 0 Å². The molecule has 1 atom stereocenters. The van der Waals surface area contributed by atoms with Crippen molar-refractivity contribution in [3.8, 4) is 11.5 Å². The highest BCUT2D eigenvalue weighted by Crippen LogP contribution is 2.28. The maximum absolute atomic E-state index is 6.13. The van der Waals surface area contributed by atoms with E-state index in [4.69, 9.17) is 18.9 Å². The van der Waals surface area contributed by atoms with Crippen LogP contribution in [0.1, 0.15) is 44.6 Å². The number of guanidine groups is 1. The van der Waals surface area contributed by atoms with Crippen molar-refractivity contribution in [2.24, 2.45) is 4.99 Å². The van der Waals surface area contributed by atoms with Gasteiger partial charge in [-0.3, -0.25) is 4.99 Å². The van der Waals surface area contributed by atoms with E-state index in [9.17, 15) is 0 Å². The van der Waals surface area contributed by atoms with Crippen molar-refractivity contribution in [1.82, 2.24) is 10.2 Å². The Morgan fingerprint density at radius 2 is 2.03 bits per heavy atom. The highest BCUT2D eigenvalue weighted by Gasteiger charge is 2.23. The molecule has 1 aromatic rings. The molecule has 2 saturated heterocycles. The van der Waals surface area contributed by atoms with Crippen LogP contribution < -0.4 is 14.8 Å². The van der Waals surface area contributed by atoms with Gasteiger partial charge in [0.05, 0.1) is 32.5 Å². The topological polar surface area (TPSA) is 64.6 Å². The zero-order valence-corrected chi connectivity index (χ0v) is 18.7. The van der Waals surface area contributed by atoms with Crippen LogP contribution in [0.25, 0.3) is 0 Å². The largest absolute Gasteiger partial charge is 0.493 e. The van der Waals surface area contributed by atoms with Gasteiger partial charge in [-0.15, -0.1) is 0 Å². The van der Waals surface area contributed by atoms with Gasteiger partial charge in [0, 0.05) is 33.3 Å². The van der Waals surface area contributed by atoms with Gasteiger partial charge in [-0.2, -0.15) is 0 Å². The molecule has 2 heterocycles. The number of nitrogens with zero attached hydrogens (tertiary/aromatic N) is 2. The smallest absolute Gasteiger partial charge is 0.193 e. The SMILES string of the molecule is CCOc1ccc(CNC(=NC)N2CCC(OCC3CCCCO3)CC2)cc1OC. The summed E-state index contributed by atoms with van der Waals surface area (Å²) in [5.41, 5.74) is 1.13. The number of likely N-dealkylation sites (tertiary alicyclic amines) is 1. The lowest BCUT2D eigenvalue weighted by molar-refractivity contribution is -0.0721. The Morgan fingerprint density at radius 1 is 1.20 bits per heavy atom. The number of rotatable bonds is 8. The van der Waals surface area contributed by atoms with Gasteiger partial charge in [0.1, 0.15) is 0 Å². The second-order valence-corrected chi connectivity index (χ2v) is 7.83. The predicted molar refractivity (Wildman–Crippen MR) is 118 cm³/mol. The Bertz CT molecular complexity index is 668. The number of ether oxygens (including phenoxy) is 4. The summed E-state index contributed by atoms with van der Waals surface area (Å²) < 4.78 is 23.0. The Hall–Kier alpha value is -1.99. The molecule has 0 aromatic heterocycles. The van der Waals surface area contributed by atoms with Crippen molar-refractivity contribution in [2.45, 2.75) is 57.8 Å². The molecule has 0 saturated carbocycles. The molecule has 0 spiro atoms. The number of methoxy groups -OCH3 is 1. The van der Waals surface area contributed by atoms with Crippen molar-refractivity contribution in [3.63, 3.8) is 0 Å². The van der Waals surface area contributed by atoms with Crippen LogP contribution in [0.4, 0.5) is 0 Å². The molecule has 1 aromatic carbocycles. The molecular formula is C23H37N3O4. The van der Waals surface area contributed by atoms with Gasteiger partial charge in [-0.05, 0) is 56.7 Å².